The van der Waals surface area contributed by atoms with Crippen molar-refractivity contribution in [3.05, 3.63) is 77.2 Å². The van der Waals surface area contributed by atoms with E-state index in [-0.39, 0.29) is 29.7 Å². The summed E-state index contributed by atoms with van der Waals surface area (Å²) in [5, 5.41) is 6.42. The van der Waals surface area contributed by atoms with Gasteiger partial charge in [-0.25, -0.2) is 18.1 Å². The molecule has 8 nitrogen and oxygen atoms in total. The van der Waals surface area contributed by atoms with E-state index in [4.69, 9.17) is 4.42 Å². The molecule has 1 aromatic heterocycles. The maximum Gasteiger partial charge on any atom is 0.226 e. The Labute approximate surface area is 206 Å². The average Bonchev–Trinajstić information content (AvgIpc) is 3.23. The molecule has 3 N–H and O–H groups in total. The van der Waals surface area contributed by atoms with Crippen LogP contribution < -0.4 is 15.4 Å². The highest BCUT2D eigenvalue weighted by Crippen LogP contribution is 2.19. The largest absolute Gasteiger partial charge is 0.444 e. The fraction of sp³-hybridized carbons (Fsp3) is 0.273. The van der Waals surface area contributed by atoms with Crippen LogP contribution in [0.15, 0.2) is 64.2 Å². The first-order valence-electron chi connectivity index (χ1n) is 9.83. The van der Waals surface area contributed by atoms with Crippen LogP contribution in [-0.4, -0.2) is 33.5 Å². The number of aliphatic imine (C=N–C) groups is 1. The van der Waals surface area contributed by atoms with Crippen LogP contribution in [0.25, 0.3) is 11.5 Å². The smallest absolute Gasteiger partial charge is 0.226 e. The van der Waals surface area contributed by atoms with Crippen molar-refractivity contribution < 1.29 is 12.8 Å². The van der Waals surface area contributed by atoms with E-state index >= 15 is 0 Å². The van der Waals surface area contributed by atoms with Crippen LogP contribution in [0.5, 0.6) is 0 Å². The molecular formula is C22H28IN5O3S. The lowest BCUT2D eigenvalue weighted by Crippen LogP contribution is -2.36. The summed E-state index contributed by atoms with van der Waals surface area (Å²) in [5.74, 6) is 1.13. The number of hydrogen-bond donors (Lipinski definition) is 3. The van der Waals surface area contributed by atoms with Crippen molar-refractivity contribution in [1.82, 2.24) is 20.3 Å². The second-order valence-corrected chi connectivity index (χ2v) is 9.00. The number of sulfonamides is 1. The second-order valence-electron chi connectivity index (χ2n) is 7.07. The van der Waals surface area contributed by atoms with E-state index in [0.29, 0.717) is 24.9 Å². The number of hydrogen-bond acceptors (Lipinski definition) is 5. The summed E-state index contributed by atoms with van der Waals surface area (Å²) in [6.07, 6.45) is 1.63. The van der Waals surface area contributed by atoms with E-state index in [1.165, 1.54) is 12.6 Å². The van der Waals surface area contributed by atoms with Gasteiger partial charge in [0.1, 0.15) is 6.26 Å². The summed E-state index contributed by atoms with van der Waals surface area (Å²) in [4.78, 5) is 8.73. The van der Waals surface area contributed by atoms with Crippen molar-refractivity contribution in [2.45, 2.75) is 25.8 Å². The first-order valence-corrected chi connectivity index (χ1v) is 11.5. The zero-order valence-corrected chi connectivity index (χ0v) is 21.4. The molecule has 1 heterocycles. The van der Waals surface area contributed by atoms with Gasteiger partial charge in [-0.3, -0.25) is 4.99 Å². The maximum absolute atomic E-state index is 11.8. The molecule has 3 aromatic rings. The lowest BCUT2D eigenvalue weighted by atomic mass is 10.1. The Morgan fingerprint density at radius 1 is 1.06 bits per heavy atom. The number of guanidine groups is 1. The average molecular weight is 569 g/mol. The van der Waals surface area contributed by atoms with Gasteiger partial charge in [0.2, 0.25) is 15.9 Å². The third-order valence-corrected chi connectivity index (χ3v) is 5.97. The summed E-state index contributed by atoms with van der Waals surface area (Å²) in [7, 11) is -0.209. The predicted octanol–water partition coefficient (Wildman–Crippen LogP) is 3.18. The number of benzene rings is 2. The fourth-order valence-electron chi connectivity index (χ4n) is 2.92. The Balaban J connectivity index is 0.00000363. The van der Waals surface area contributed by atoms with Crippen LogP contribution in [0.4, 0.5) is 0 Å². The first-order chi connectivity index (χ1) is 14.9. The highest BCUT2D eigenvalue weighted by atomic mass is 127. The maximum atomic E-state index is 11.8. The lowest BCUT2D eigenvalue weighted by molar-refractivity contribution is 0.572. The minimum atomic E-state index is -3.31. The molecule has 172 valence electrons. The Morgan fingerprint density at radius 2 is 1.75 bits per heavy atom. The fourth-order valence-corrected chi connectivity index (χ4v) is 3.68. The first kappa shape index (κ1) is 25.8. The van der Waals surface area contributed by atoms with Crippen LogP contribution in [0, 0.1) is 6.92 Å². The van der Waals surface area contributed by atoms with E-state index in [9.17, 15) is 8.42 Å². The van der Waals surface area contributed by atoms with E-state index in [1.807, 2.05) is 49.4 Å². The highest BCUT2D eigenvalue weighted by molar-refractivity contribution is 14.0. The number of rotatable bonds is 8. The molecule has 0 aliphatic heterocycles. The summed E-state index contributed by atoms with van der Waals surface area (Å²) in [6, 6.07) is 15.4. The molecule has 10 heteroatoms. The third-order valence-electron chi connectivity index (χ3n) is 4.63. The van der Waals surface area contributed by atoms with Gasteiger partial charge in [0.05, 0.1) is 18.0 Å². The Hall–Kier alpha value is -2.44. The van der Waals surface area contributed by atoms with Crippen LogP contribution in [-0.2, 0) is 28.9 Å². The topological polar surface area (TPSA) is 109 Å². The van der Waals surface area contributed by atoms with Crippen LogP contribution in [0.2, 0.25) is 0 Å². The number of nitrogens with one attached hydrogen (secondary N) is 3. The van der Waals surface area contributed by atoms with Crippen molar-refractivity contribution in [3.8, 4) is 11.5 Å². The van der Waals surface area contributed by atoms with Gasteiger partial charge in [0, 0.05) is 19.2 Å². The molecule has 0 aliphatic rings. The van der Waals surface area contributed by atoms with Crippen molar-refractivity contribution in [2.24, 2.45) is 4.99 Å². The summed E-state index contributed by atoms with van der Waals surface area (Å²) in [6.45, 7) is 2.99. The van der Waals surface area contributed by atoms with Gasteiger partial charge in [-0.2, -0.15) is 0 Å². The molecule has 3 rings (SSSR count). The van der Waals surface area contributed by atoms with Crippen molar-refractivity contribution in [3.63, 3.8) is 0 Å². The number of aromatic nitrogens is 1. The number of halogens is 1. The molecule has 32 heavy (non-hydrogen) atoms. The quantitative estimate of drug-likeness (QED) is 0.219. The molecule has 0 fully saturated rings. The SMILES string of the molecule is CN=C(NCc1cccc(CS(=O)(=O)NC)c1)NCc1coc(-c2ccc(C)cc2)n1.I. The number of oxazole rings is 1. The monoisotopic (exact) mass is 569 g/mol. The second kappa shape index (κ2) is 12.0. The molecule has 0 radical (unpaired) electrons. The standard InChI is InChI=1S/C22H27N5O3S.HI/c1-16-7-9-19(10-8-16)21-27-20(14-30-21)13-26-22(23-2)25-12-17-5-4-6-18(11-17)15-31(28,29)24-3;/h4-11,14,24H,12-13,15H2,1-3H3,(H2,23,25,26);1H. The van der Waals surface area contributed by atoms with E-state index < -0.39 is 10.0 Å². The van der Waals surface area contributed by atoms with Gasteiger partial charge in [-0.1, -0.05) is 42.0 Å². The third kappa shape index (κ3) is 7.61. The minimum absolute atomic E-state index is 0. The van der Waals surface area contributed by atoms with Crippen LogP contribution in [0.1, 0.15) is 22.4 Å². The molecule has 0 aliphatic carbocycles. The van der Waals surface area contributed by atoms with Crippen LogP contribution in [0.3, 0.4) is 0 Å². The zero-order valence-electron chi connectivity index (χ0n) is 18.3. The van der Waals surface area contributed by atoms with Gasteiger partial charge in [0.25, 0.3) is 0 Å². The van der Waals surface area contributed by atoms with E-state index in [2.05, 4.69) is 25.3 Å². The summed E-state index contributed by atoms with van der Waals surface area (Å²) >= 11 is 0. The minimum Gasteiger partial charge on any atom is -0.444 e. The van der Waals surface area contributed by atoms with Crippen LogP contribution >= 0.6 is 24.0 Å². The van der Waals surface area contributed by atoms with E-state index in [0.717, 1.165) is 22.4 Å². The molecule has 2 aromatic carbocycles. The highest BCUT2D eigenvalue weighted by Gasteiger charge is 2.10. The number of aryl methyl sites for hydroxylation is 1. The van der Waals surface area contributed by atoms with Gasteiger partial charge < -0.3 is 15.1 Å². The number of nitrogens with zero attached hydrogens (tertiary/aromatic N) is 2. The molecule has 0 saturated heterocycles. The van der Waals surface area contributed by atoms with Gasteiger partial charge in [-0.15, -0.1) is 24.0 Å². The zero-order chi connectivity index (χ0) is 22.3. The Morgan fingerprint density at radius 3 is 2.44 bits per heavy atom. The molecule has 0 unspecified atom stereocenters. The Kier molecular flexibility index (Phi) is 9.66. The normalized spacial score (nSPS) is 11.7. The van der Waals surface area contributed by atoms with Gasteiger partial charge in [0.15, 0.2) is 5.96 Å². The lowest BCUT2D eigenvalue weighted by Gasteiger charge is -2.12. The molecule has 0 amide bonds. The predicted molar refractivity (Wildman–Crippen MR) is 137 cm³/mol. The van der Waals surface area contributed by atoms with Crippen molar-refractivity contribution in [1.29, 1.82) is 0 Å². The summed E-state index contributed by atoms with van der Waals surface area (Å²) < 4.78 is 31.4. The molecule has 0 bridgehead atoms. The van der Waals surface area contributed by atoms with Crippen molar-refractivity contribution in [2.75, 3.05) is 14.1 Å². The van der Waals surface area contributed by atoms with Gasteiger partial charge >= 0.3 is 0 Å². The van der Waals surface area contributed by atoms with Crippen molar-refractivity contribution >= 4 is 40.0 Å². The molecule has 0 spiro atoms. The molecule has 0 saturated carbocycles. The molecule has 0 atom stereocenters. The summed E-state index contributed by atoms with van der Waals surface area (Å²) in [5.41, 5.74) is 4.55. The molecular weight excluding hydrogens is 541 g/mol. The van der Waals surface area contributed by atoms with E-state index in [1.54, 1.807) is 19.4 Å². The Bertz CT molecular complexity index is 1140. The van der Waals surface area contributed by atoms with Gasteiger partial charge in [-0.05, 0) is 37.2 Å².